The van der Waals surface area contributed by atoms with Gasteiger partial charge in [-0.15, -0.1) is 0 Å². The van der Waals surface area contributed by atoms with Gasteiger partial charge in [0.25, 0.3) is 0 Å². The molecule has 0 aromatic heterocycles. The molecule has 3 nitrogen and oxygen atoms in total. The lowest BCUT2D eigenvalue weighted by molar-refractivity contribution is 0.138. The maximum atomic E-state index is 3.66. The van der Waals surface area contributed by atoms with Gasteiger partial charge in [0.2, 0.25) is 0 Å². The van der Waals surface area contributed by atoms with E-state index in [0.29, 0.717) is 0 Å². The highest BCUT2D eigenvalue weighted by Gasteiger charge is 2.27. The standard InChI is InChI=1S/C16H33N3/c1-16(2,3)17-11-14-8-10-19(12-14)13-15-7-5-6-9-18(15)4/h14-15,17H,5-13H2,1-4H3. The zero-order valence-electron chi connectivity index (χ0n) is 13.4. The zero-order chi connectivity index (χ0) is 13.9. The summed E-state index contributed by atoms with van der Waals surface area (Å²) in [5.41, 5.74) is 0.261. The molecule has 2 unspecified atom stereocenters. The van der Waals surface area contributed by atoms with E-state index < -0.39 is 0 Å². The van der Waals surface area contributed by atoms with E-state index in [-0.39, 0.29) is 5.54 Å². The van der Waals surface area contributed by atoms with Gasteiger partial charge < -0.3 is 15.1 Å². The third-order valence-corrected chi connectivity index (χ3v) is 4.68. The molecular weight excluding hydrogens is 234 g/mol. The Morgan fingerprint density at radius 3 is 2.58 bits per heavy atom. The van der Waals surface area contributed by atoms with Crippen molar-refractivity contribution in [1.29, 1.82) is 0 Å². The Morgan fingerprint density at radius 2 is 1.89 bits per heavy atom. The minimum absolute atomic E-state index is 0.261. The molecule has 0 bridgehead atoms. The van der Waals surface area contributed by atoms with Crippen LogP contribution in [0.2, 0.25) is 0 Å². The Bertz CT molecular complexity index is 272. The summed E-state index contributed by atoms with van der Waals surface area (Å²) >= 11 is 0. The number of piperidine rings is 1. The molecule has 0 aromatic carbocycles. The summed E-state index contributed by atoms with van der Waals surface area (Å²) in [6.07, 6.45) is 5.60. The van der Waals surface area contributed by atoms with E-state index in [1.165, 1.54) is 58.4 Å². The summed E-state index contributed by atoms with van der Waals surface area (Å²) in [5.74, 6) is 0.855. The van der Waals surface area contributed by atoms with Crippen LogP contribution in [0.1, 0.15) is 46.5 Å². The van der Waals surface area contributed by atoms with Crippen LogP contribution in [0.15, 0.2) is 0 Å². The highest BCUT2D eigenvalue weighted by Crippen LogP contribution is 2.21. The van der Waals surface area contributed by atoms with Crippen LogP contribution in [0.3, 0.4) is 0 Å². The van der Waals surface area contributed by atoms with Gasteiger partial charge in [-0.25, -0.2) is 0 Å². The SMILES string of the molecule is CN1CCCCC1CN1CCC(CNC(C)(C)C)C1. The molecule has 0 saturated carbocycles. The van der Waals surface area contributed by atoms with Gasteiger partial charge in [0.1, 0.15) is 0 Å². The van der Waals surface area contributed by atoms with E-state index >= 15 is 0 Å². The van der Waals surface area contributed by atoms with Crippen molar-refractivity contribution in [3.63, 3.8) is 0 Å². The smallest absolute Gasteiger partial charge is 0.0220 e. The fourth-order valence-corrected chi connectivity index (χ4v) is 3.37. The van der Waals surface area contributed by atoms with E-state index in [2.05, 4.69) is 42.9 Å². The molecule has 2 rings (SSSR count). The van der Waals surface area contributed by atoms with Gasteiger partial charge in [0.15, 0.2) is 0 Å². The normalized spacial score (nSPS) is 30.9. The molecule has 0 aromatic rings. The molecular formula is C16H33N3. The maximum Gasteiger partial charge on any atom is 0.0220 e. The fraction of sp³-hybridized carbons (Fsp3) is 1.00. The van der Waals surface area contributed by atoms with Gasteiger partial charge in [0, 0.05) is 24.7 Å². The quantitative estimate of drug-likeness (QED) is 0.842. The van der Waals surface area contributed by atoms with Gasteiger partial charge >= 0.3 is 0 Å². The molecule has 3 heteroatoms. The Labute approximate surface area is 119 Å². The number of nitrogens with one attached hydrogen (secondary N) is 1. The number of nitrogens with zero attached hydrogens (tertiary/aromatic N) is 2. The second kappa shape index (κ2) is 6.55. The highest BCUT2D eigenvalue weighted by molar-refractivity contribution is 4.84. The van der Waals surface area contributed by atoms with Gasteiger partial charge in [-0.1, -0.05) is 6.42 Å². The average molecular weight is 267 g/mol. The van der Waals surface area contributed by atoms with Crippen molar-refractivity contribution < 1.29 is 0 Å². The molecule has 2 aliphatic heterocycles. The zero-order valence-corrected chi connectivity index (χ0v) is 13.4. The number of likely N-dealkylation sites (N-methyl/N-ethyl adjacent to an activating group) is 1. The van der Waals surface area contributed by atoms with Crippen LogP contribution in [0.5, 0.6) is 0 Å². The summed E-state index contributed by atoms with van der Waals surface area (Å²) in [5, 5.41) is 3.66. The minimum atomic E-state index is 0.261. The van der Waals surface area contributed by atoms with Gasteiger partial charge in [-0.3, -0.25) is 0 Å². The lowest BCUT2D eigenvalue weighted by Gasteiger charge is -2.35. The Balaban J connectivity index is 1.69. The largest absolute Gasteiger partial charge is 0.312 e. The third kappa shape index (κ3) is 5.05. The van der Waals surface area contributed by atoms with Crippen LogP contribution in [-0.4, -0.2) is 61.2 Å². The van der Waals surface area contributed by atoms with E-state index in [0.717, 1.165) is 12.0 Å². The lowest BCUT2D eigenvalue weighted by atomic mass is 10.0. The van der Waals surface area contributed by atoms with Crippen LogP contribution >= 0.6 is 0 Å². The van der Waals surface area contributed by atoms with Crippen molar-refractivity contribution in [3.05, 3.63) is 0 Å². The van der Waals surface area contributed by atoms with Crippen LogP contribution in [0, 0.1) is 5.92 Å². The summed E-state index contributed by atoms with van der Waals surface area (Å²) < 4.78 is 0. The van der Waals surface area contributed by atoms with Crippen LogP contribution < -0.4 is 5.32 Å². The Hall–Kier alpha value is -0.120. The fourth-order valence-electron chi connectivity index (χ4n) is 3.37. The second-order valence-electron chi connectivity index (χ2n) is 7.68. The van der Waals surface area contributed by atoms with Crippen molar-refractivity contribution in [3.8, 4) is 0 Å². The number of hydrogen-bond donors (Lipinski definition) is 1. The minimum Gasteiger partial charge on any atom is -0.312 e. The molecule has 19 heavy (non-hydrogen) atoms. The molecule has 2 atom stereocenters. The molecule has 1 N–H and O–H groups in total. The van der Waals surface area contributed by atoms with Crippen molar-refractivity contribution >= 4 is 0 Å². The monoisotopic (exact) mass is 267 g/mol. The molecule has 2 heterocycles. The lowest BCUT2D eigenvalue weighted by Crippen LogP contribution is -2.44. The molecule has 0 aliphatic carbocycles. The molecule has 2 fully saturated rings. The first-order chi connectivity index (χ1) is 8.94. The summed E-state index contributed by atoms with van der Waals surface area (Å²) in [6.45, 7) is 13.2. The van der Waals surface area contributed by atoms with Crippen LogP contribution in [0.25, 0.3) is 0 Å². The van der Waals surface area contributed by atoms with Gasteiger partial charge in [0.05, 0.1) is 0 Å². The Morgan fingerprint density at radius 1 is 1.11 bits per heavy atom. The predicted molar refractivity (Wildman–Crippen MR) is 82.6 cm³/mol. The summed E-state index contributed by atoms with van der Waals surface area (Å²) in [4.78, 5) is 5.27. The van der Waals surface area contributed by atoms with Crippen molar-refractivity contribution in [1.82, 2.24) is 15.1 Å². The average Bonchev–Trinajstić information content (AvgIpc) is 2.77. The van der Waals surface area contributed by atoms with Crippen LogP contribution in [-0.2, 0) is 0 Å². The van der Waals surface area contributed by atoms with Crippen LogP contribution in [0.4, 0.5) is 0 Å². The topological polar surface area (TPSA) is 18.5 Å². The molecule has 0 radical (unpaired) electrons. The van der Waals surface area contributed by atoms with E-state index in [4.69, 9.17) is 0 Å². The first kappa shape index (κ1) is 15.3. The number of rotatable bonds is 4. The number of likely N-dealkylation sites (tertiary alicyclic amines) is 2. The molecule has 112 valence electrons. The molecule has 0 spiro atoms. The number of hydrogen-bond acceptors (Lipinski definition) is 3. The van der Waals surface area contributed by atoms with Crippen molar-refractivity contribution in [2.75, 3.05) is 39.8 Å². The summed E-state index contributed by atoms with van der Waals surface area (Å²) in [7, 11) is 2.30. The first-order valence-electron chi connectivity index (χ1n) is 8.12. The Kier molecular flexibility index (Phi) is 5.27. The van der Waals surface area contributed by atoms with Crippen molar-refractivity contribution in [2.45, 2.75) is 58.0 Å². The molecule has 2 aliphatic rings. The second-order valence-corrected chi connectivity index (χ2v) is 7.68. The van der Waals surface area contributed by atoms with Crippen molar-refractivity contribution in [2.24, 2.45) is 5.92 Å². The third-order valence-electron chi connectivity index (χ3n) is 4.68. The van der Waals surface area contributed by atoms with E-state index in [1.807, 2.05) is 0 Å². The first-order valence-corrected chi connectivity index (χ1v) is 8.12. The molecule has 0 amide bonds. The molecule has 2 saturated heterocycles. The summed E-state index contributed by atoms with van der Waals surface area (Å²) in [6, 6.07) is 0.808. The highest BCUT2D eigenvalue weighted by atomic mass is 15.2. The predicted octanol–water partition coefficient (Wildman–Crippen LogP) is 2.18. The van der Waals surface area contributed by atoms with Gasteiger partial charge in [-0.2, -0.15) is 0 Å². The van der Waals surface area contributed by atoms with Gasteiger partial charge in [-0.05, 0) is 72.6 Å². The van der Waals surface area contributed by atoms with E-state index in [9.17, 15) is 0 Å². The van der Waals surface area contributed by atoms with E-state index in [1.54, 1.807) is 0 Å². The maximum absolute atomic E-state index is 3.66.